The molecular formula is C16H25NO4. The van der Waals surface area contributed by atoms with Gasteiger partial charge in [0.2, 0.25) is 0 Å². The number of rotatable bonds is 8. The zero-order valence-corrected chi connectivity index (χ0v) is 13.3. The van der Waals surface area contributed by atoms with Crippen LogP contribution < -0.4 is 0 Å². The third-order valence-electron chi connectivity index (χ3n) is 3.30. The van der Waals surface area contributed by atoms with Crippen LogP contribution in [-0.2, 0) is 0 Å². The number of aromatic carboxylic acids is 1. The molecule has 1 heterocycles. The van der Waals surface area contributed by atoms with Crippen molar-refractivity contribution in [1.82, 2.24) is 4.90 Å². The standard InChI is InChI=1S/C16H25NO4/c1-11(2)5-7-17(8-6-12(3)4)15(18)14-9-13(10-21-14)16(19)20/h9-12H,5-8H2,1-4H3,(H,19,20). The quantitative estimate of drug-likeness (QED) is 0.796. The first-order chi connectivity index (χ1) is 9.81. The van der Waals surface area contributed by atoms with Crippen LogP contribution in [0.2, 0.25) is 0 Å². The molecule has 0 saturated heterocycles. The number of nitrogens with zero attached hydrogens (tertiary/aromatic N) is 1. The van der Waals surface area contributed by atoms with E-state index in [1.165, 1.54) is 6.07 Å². The monoisotopic (exact) mass is 295 g/mol. The van der Waals surface area contributed by atoms with Crippen molar-refractivity contribution in [3.8, 4) is 0 Å². The van der Waals surface area contributed by atoms with Crippen molar-refractivity contribution in [3.05, 3.63) is 23.7 Å². The molecule has 1 N–H and O–H groups in total. The summed E-state index contributed by atoms with van der Waals surface area (Å²) in [5.41, 5.74) is 0.00557. The molecule has 0 aliphatic heterocycles. The number of furan rings is 1. The van der Waals surface area contributed by atoms with Crippen LogP contribution >= 0.6 is 0 Å². The van der Waals surface area contributed by atoms with Gasteiger partial charge < -0.3 is 14.4 Å². The molecule has 1 rings (SSSR count). The van der Waals surface area contributed by atoms with Crippen LogP contribution in [0.1, 0.15) is 61.4 Å². The van der Waals surface area contributed by atoms with Gasteiger partial charge in [-0.3, -0.25) is 4.79 Å². The molecule has 21 heavy (non-hydrogen) atoms. The third-order valence-corrected chi connectivity index (χ3v) is 3.30. The van der Waals surface area contributed by atoms with Gasteiger partial charge in [0.25, 0.3) is 5.91 Å². The SMILES string of the molecule is CC(C)CCN(CCC(C)C)C(=O)c1cc(C(=O)O)co1. The van der Waals surface area contributed by atoms with E-state index in [2.05, 4.69) is 27.7 Å². The van der Waals surface area contributed by atoms with Gasteiger partial charge in [-0.2, -0.15) is 0 Å². The van der Waals surface area contributed by atoms with Crippen LogP contribution in [0.15, 0.2) is 16.7 Å². The van der Waals surface area contributed by atoms with E-state index in [1.807, 2.05) is 0 Å². The molecular weight excluding hydrogens is 270 g/mol. The minimum absolute atomic E-state index is 0.00557. The van der Waals surface area contributed by atoms with Gasteiger partial charge >= 0.3 is 5.97 Å². The zero-order chi connectivity index (χ0) is 16.0. The number of carbonyl (C=O) groups is 2. The van der Waals surface area contributed by atoms with Crippen molar-refractivity contribution in [1.29, 1.82) is 0 Å². The number of carbonyl (C=O) groups excluding carboxylic acids is 1. The Morgan fingerprint density at radius 1 is 1.14 bits per heavy atom. The van der Waals surface area contributed by atoms with Crippen molar-refractivity contribution in [2.24, 2.45) is 11.8 Å². The van der Waals surface area contributed by atoms with Gasteiger partial charge in [-0.15, -0.1) is 0 Å². The predicted octanol–water partition coefficient (Wildman–Crippen LogP) is 3.51. The summed E-state index contributed by atoms with van der Waals surface area (Å²) in [7, 11) is 0. The molecule has 0 radical (unpaired) electrons. The highest BCUT2D eigenvalue weighted by molar-refractivity contribution is 5.95. The number of carboxylic acid groups (broad SMARTS) is 1. The maximum Gasteiger partial charge on any atom is 0.338 e. The summed E-state index contributed by atoms with van der Waals surface area (Å²) in [6.07, 6.45) is 2.94. The Bertz CT molecular complexity index is 464. The summed E-state index contributed by atoms with van der Waals surface area (Å²) < 4.78 is 5.11. The molecule has 0 aliphatic carbocycles. The zero-order valence-electron chi connectivity index (χ0n) is 13.3. The van der Waals surface area contributed by atoms with Crippen LogP contribution in [0.5, 0.6) is 0 Å². The van der Waals surface area contributed by atoms with Crippen molar-refractivity contribution in [3.63, 3.8) is 0 Å². The Morgan fingerprint density at radius 3 is 2.05 bits per heavy atom. The van der Waals surface area contributed by atoms with E-state index in [4.69, 9.17) is 9.52 Å². The number of carboxylic acids is 1. The summed E-state index contributed by atoms with van der Waals surface area (Å²) in [5.74, 6) is -0.214. The molecule has 1 aromatic heterocycles. The Hall–Kier alpha value is -1.78. The van der Waals surface area contributed by atoms with Crippen molar-refractivity contribution in [2.45, 2.75) is 40.5 Å². The van der Waals surface area contributed by atoms with Crippen LogP contribution in [-0.4, -0.2) is 35.0 Å². The molecule has 1 amide bonds. The molecule has 0 fully saturated rings. The highest BCUT2D eigenvalue weighted by atomic mass is 16.4. The van der Waals surface area contributed by atoms with Crippen molar-refractivity contribution < 1.29 is 19.1 Å². The van der Waals surface area contributed by atoms with Crippen molar-refractivity contribution in [2.75, 3.05) is 13.1 Å². The molecule has 0 aliphatic rings. The molecule has 0 atom stereocenters. The lowest BCUT2D eigenvalue weighted by Gasteiger charge is -2.23. The fourth-order valence-corrected chi connectivity index (χ4v) is 1.86. The van der Waals surface area contributed by atoms with Gasteiger partial charge in [-0.1, -0.05) is 27.7 Å². The predicted molar refractivity (Wildman–Crippen MR) is 80.5 cm³/mol. The van der Waals surface area contributed by atoms with Crippen LogP contribution in [0.25, 0.3) is 0 Å². The Morgan fingerprint density at radius 2 is 1.67 bits per heavy atom. The number of hydrogen-bond donors (Lipinski definition) is 1. The second-order valence-electron chi connectivity index (χ2n) is 6.16. The first-order valence-corrected chi connectivity index (χ1v) is 7.42. The second kappa shape index (κ2) is 7.86. The minimum Gasteiger partial charge on any atom is -0.478 e. The van der Waals surface area contributed by atoms with Crippen LogP contribution in [0.3, 0.4) is 0 Å². The molecule has 1 aromatic rings. The minimum atomic E-state index is -1.09. The molecule has 0 unspecified atom stereocenters. The highest BCUT2D eigenvalue weighted by Crippen LogP contribution is 2.14. The lowest BCUT2D eigenvalue weighted by Crippen LogP contribution is -2.34. The average molecular weight is 295 g/mol. The maximum atomic E-state index is 12.4. The Labute approximate surface area is 125 Å². The van der Waals surface area contributed by atoms with E-state index in [0.717, 1.165) is 19.1 Å². The fourth-order valence-electron chi connectivity index (χ4n) is 1.86. The van der Waals surface area contributed by atoms with Crippen LogP contribution in [0.4, 0.5) is 0 Å². The van der Waals surface area contributed by atoms with Gasteiger partial charge in [0, 0.05) is 19.2 Å². The van der Waals surface area contributed by atoms with Crippen molar-refractivity contribution >= 4 is 11.9 Å². The van der Waals surface area contributed by atoms with Crippen LogP contribution in [0, 0.1) is 11.8 Å². The molecule has 118 valence electrons. The fraction of sp³-hybridized carbons (Fsp3) is 0.625. The normalized spacial score (nSPS) is 11.1. The van der Waals surface area contributed by atoms with Gasteiger partial charge in [0.15, 0.2) is 5.76 Å². The molecule has 5 nitrogen and oxygen atoms in total. The molecule has 0 saturated carbocycles. The third kappa shape index (κ3) is 5.61. The topological polar surface area (TPSA) is 70.8 Å². The van der Waals surface area contributed by atoms with Gasteiger partial charge in [0.05, 0.1) is 5.56 Å². The first kappa shape index (κ1) is 17.3. The molecule has 5 heteroatoms. The average Bonchev–Trinajstić information content (AvgIpc) is 2.87. The lowest BCUT2D eigenvalue weighted by atomic mass is 10.1. The smallest absolute Gasteiger partial charge is 0.338 e. The summed E-state index contributed by atoms with van der Waals surface area (Å²) in [4.78, 5) is 25.1. The number of amides is 1. The summed E-state index contributed by atoms with van der Waals surface area (Å²) in [5, 5.41) is 8.89. The first-order valence-electron chi connectivity index (χ1n) is 7.42. The van der Waals surface area contributed by atoms with E-state index in [0.29, 0.717) is 24.9 Å². The van der Waals surface area contributed by atoms with Gasteiger partial charge in [-0.05, 0) is 24.7 Å². The summed E-state index contributed by atoms with van der Waals surface area (Å²) in [6.45, 7) is 9.76. The summed E-state index contributed by atoms with van der Waals surface area (Å²) in [6, 6.07) is 1.29. The lowest BCUT2D eigenvalue weighted by molar-refractivity contribution is 0.0691. The van der Waals surface area contributed by atoms with Gasteiger partial charge in [0.1, 0.15) is 6.26 Å². The second-order valence-corrected chi connectivity index (χ2v) is 6.16. The van der Waals surface area contributed by atoms with E-state index in [-0.39, 0.29) is 17.2 Å². The maximum absolute atomic E-state index is 12.4. The van der Waals surface area contributed by atoms with E-state index < -0.39 is 5.97 Å². The molecule has 0 bridgehead atoms. The highest BCUT2D eigenvalue weighted by Gasteiger charge is 2.21. The Balaban J connectivity index is 2.78. The van der Waals surface area contributed by atoms with E-state index >= 15 is 0 Å². The largest absolute Gasteiger partial charge is 0.478 e. The van der Waals surface area contributed by atoms with E-state index in [9.17, 15) is 9.59 Å². The molecule has 0 spiro atoms. The van der Waals surface area contributed by atoms with Gasteiger partial charge in [-0.25, -0.2) is 4.79 Å². The Kier molecular flexibility index (Phi) is 6.46. The molecule has 0 aromatic carbocycles. The van der Waals surface area contributed by atoms with E-state index in [1.54, 1.807) is 4.90 Å². The summed E-state index contributed by atoms with van der Waals surface area (Å²) >= 11 is 0. The number of hydrogen-bond acceptors (Lipinski definition) is 3.